The highest BCUT2D eigenvalue weighted by Crippen LogP contribution is 2.41. The first-order valence-corrected chi connectivity index (χ1v) is 7.67. The van der Waals surface area contributed by atoms with Crippen molar-refractivity contribution in [3.63, 3.8) is 0 Å². The van der Waals surface area contributed by atoms with Gasteiger partial charge >= 0.3 is 0 Å². The zero-order valence-electron chi connectivity index (χ0n) is 12.4. The van der Waals surface area contributed by atoms with Crippen LogP contribution in [0.2, 0.25) is 0 Å². The minimum atomic E-state index is -0.145. The van der Waals surface area contributed by atoms with E-state index in [1.807, 2.05) is 18.3 Å². The summed E-state index contributed by atoms with van der Waals surface area (Å²) in [5, 5.41) is 13.6. The molecule has 1 aliphatic carbocycles. The van der Waals surface area contributed by atoms with Crippen molar-refractivity contribution in [3.8, 4) is 0 Å². The van der Waals surface area contributed by atoms with E-state index in [1.54, 1.807) is 0 Å². The molecule has 0 bridgehead atoms. The molecule has 4 nitrogen and oxygen atoms in total. The van der Waals surface area contributed by atoms with Crippen molar-refractivity contribution in [2.24, 2.45) is 5.41 Å². The Labute approximate surface area is 121 Å². The summed E-state index contributed by atoms with van der Waals surface area (Å²) in [7, 11) is 0. The molecular weight excluding hydrogens is 250 g/mol. The lowest BCUT2D eigenvalue weighted by Gasteiger charge is -2.51. The van der Waals surface area contributed by atoms with Gasteiger partial charge in [-0.3, -0.25) is 0 Å². The van der Waals surface area contributed by atoms with Crippen LogP contribution < -0.4 is 10.2 Å². The molecule has 0 aromatic carbocycles. The SMILES string of the molecule is CC1(C)C(O)CC1NC1CCN(c2ccccn2)CC1. The van der Waals surface area contributed by atoms with Gasteiger partial charge in [0.2, 0.25) is 0 Å². The van der Waals surface area contributed by atoms with Gasteiger partial charge in [0, 0.05) is 36.8 Å². The number of hydrogen-bond acceptors (Lipinski definition) is 4. The first-order chi connectivity index (χ1) is 9.57. The van der Waals surface area contributed by atoms with Gasteiger partial charge in [-0.15, -0.1) is 0 Å². The minimum Gasteiger partial charge on any atom is -0.392 e. The van der Waals surface area contributed by atoms with Gasteiger partial charge in [0.25, 0.3) is 0 Å². The summed E-state index contributed by atoms with van der Waals surface area (Å²) < 4.78 is 0. The molecule has 3 rings (SSSR count). The van der Waals surface area contributed by atoms with Crippen LogP contribution in [0.1, 0.15) is 33.1 Å². The molecule has 2 atom stereocenters. The number of aromatic nitrogens is 1. The Morgan fingerprint density at radius 2 is 2.05 bits per heavy atom. The zero-order valence-corrected chi connectivity index (χ0v) is 12.4. The molecule has 2 unspecified atom stereocenters. The highest BCUT2D eigenvalue weighted by Gasteiger charge is 2.47. The summed E-state index contributed by atoms with van der Waals surface area (Å²) in [5.74, 6) is 1.09. The van der Waals surface area contributed by atoms with Crippen LogP contribution >= 0.6 is 0 Å². The highest BCUT2D eigenvalue weighted by atomic mass is 16.3. The quantitative estimate of drug-likeness (QED) is 0.883. The molecule has 4 heteroatoms. The van der Waals surface area contributed by atoms with Crippen molar-refractivity contribution in [2.75, 3.05) is 18.0 Å². The summed E-state index contributed by atoms with van der Waals surface area (Å²) in [4.78, 5) is 6.78. The van der Waals surface area contributed by atoms with Crippen LogP contribution in [-0.2, 0) is 0 Å². The fourth-order valence-electron chi connectivity index (χ4n) is 3.29. The molecule has 2 aliphatic rings. The molecule has 2 fully saturated rings. The standard InChI is InChI=1S/C16H25N3O/c1-16(2)13(11-14(16)20)18-12-6-9-19(10-7-12)15-5-3-4-8-17-15/h3-5,8,12-14,18,20H,6-7,9-11H2,1-2H3. The molecule has 1 aliphatic heterocycles. The number of piperidine rings is 1. The van der Waals surface area contributed by atoms with Gasteiger partial charge in [-0.2, -0.15) is 0 Å². The normalized spacial score (nSPS) is 30.1. The molecule has 1 saturated heterocycles. The topological polar surface area (TPSA) is 48.4 Å². The van der Waals surface area contributed by atoms with Crippen molar-refractivity contribution in [3.05, 3.63) is 24.4 Å². The number of anilines is 1. The van der Waals surface area contributed by atoms with Crippen molar-refractivity contribution in [2.45, 2.75) is 51.3 Å². The molecule has 1 saturated carbocycles. The van der Waals surface area contributed by atoms with E-state index in [4.69, 9.17) is 0 Å². The van der Waals surface area contributed by atoms with Crippen molar-refractivity contribution >= 4 is 5.82 Å². The van der Waals surface area contributed by atoms with Crippen molar-refractivity contribution in [1.82, 2.24) is 10.3 Å². The molecule has 0 spiro atoms. The molecule has 0 radical (unpaired) electrons. The Balaban J connectivity index is 1.50. The van der Waals surface area contributed by atoms with Crippen molar-refractivity contribution < 1.29 is 5.11 Å². The van der Waals surface area contributed by atoms with Crippen LogP contribution in [0.25, 0.3) is 0 Å². The van der Waals surface area contributed by atoms with Gasteiger partial charge in [0.15, 0.2) is 0 Å². The molecule has 110 valence electrons. The highest BCUT2D eigenvalue weighted by molar-refractivity contribution is 5.38. The number of rotatable bonds is 3. The van der Waals surface area contributed by atoms with Gasteiger partial charge in [0.1, 0.15) is 5.82 Å². The van der Waals surface area contributed by atoms with Crippen LogP contribution in [-0.4, -0.2) is 41.4 Å². The summed E-state index contributed by atoms with van der Waals surface area (Å²) in [6.07, 6.45) is 4.91. The van der Waals surface area contributed by atoms with Crippen LogP contribution in [0.4, 0.5) is 5.82 Å². The lowest BCUT2D eigenvalue weighted by Crippen LogP contribution is -2.62. The number of pyridine rings is 1. The Morgan fingerprint density at radius 1 is 1.30 bits per heavy atom. The Kier molecular flexibility index (Phi) is 3.69. The molecule has 1 aromatic rings. The van der Waals surface area contributed by atoms with Crippen LogP contribution in [0, 0.1) is 5.41 Å². The van der Waals surface area contributed by atoms with E-state index in [0.717, 1.165) is 38.2 Å². The van der Waals surface area contributed by atoms with E-state index >= 15 is 0 Å². The molecule has 2 heterocycles. The molecule has 20 heavy (non-hydrogen) atoms. The fourth-order valence-corrected chi connectivity index (χ4v) is 3.29. The lowest BCUT2D eigenvalue weighted by atomic mass is 9.64. The average Bonchev–Trinajstić information content (AvgIpc) is 2.48. The predicted octanol–water partition coefficient (Wildman–Crippen LogP) is 1.80. The van der Waals surface area contributed by atoms with E-state index < -0.39 is 0 Å². The maximum absolute atomic E-state index is 9.81. The number of aliphatic hydroxyl groups is 1. The summed E-state index contributed by atoms with van der Waals surface area (Å²) in [5.41, 5.74) is 0.0259. The third kappa shape index (κ3) is 2.54. The van der Waals surface area contributed by atoms with Gasteiger partial charge in [0.05, 0.1) is 6.10 Å². The first-order valence-electron chi connectivity index (χ1n) is 7.67. The third-order valence-electron chi connectivity index (χ3n) is 5.12. The number of hydrogen-bond donors (Lipinski definition) is 2. The molecular formula is C16H25N3O. The van der Waals surface area contributed by atoms with Gasteiger partial charge in [-0.05, 0) is 31.4 Å². The predicted molar refractivity (Wildman–Crippen MR) is 80.8 cm³/mol. The van der Waals surface area contributed by atoms with Crippen molar-refractivity contribution in [1.29, 1.82) is 0 Å². The van der Waals surface area contributed by atoms with Crippen LogP contribution in [0.15, 0.2) is 24.4 Å². The number of nitrogens with zero attached hydrogens (tertiary/aromatic N) is 2. The minimum absolute atomic E-state index is 0.0259. The van der Waals surface area contributed by atoms with E-state index in [-0.39, 0.29) is 11.5 Å². The second kappa shape index (κ2) is 5.34. The maximum atomic E-state index is 9.81. The van der Waals surface area contributed by atoms with Gasteiger partial charge in [-0.1, -0.05) is 19.9 Å². The molecule has 2 N–H and O–H groups in total. The third-order valence-corrected chi connectivity index (χ3v) is 5.12. The summed E-state index contributed by atoms with van der Waals surface area (Å²) in [6.45, 7) is 6.43. The van der Waals surface area contributed by atoms with E-state index in [2.05, 4.69) is 35.1 Å². The van der Waals surface area contributed by atoms with E-state index in [9.17, 15) is 5.11 Å². The van der Waals surface area contributed by atoms with E-state index in [0.29, 0.717) is 12.1 Å². The first kappa shape index (κ1) is 13.8. The second-order valence-electron chi connectivity index (χ2n) is 6.74. The summed E-state index contributed by atoms with van der Waals surface area (Å²) >= 11 is 0. The molecule has 1 aromatic heterocycles. The Morgan fingerprint density at radius 3 is 2.60 bits per heavy atom. The average molecular weight is 275 g/mol. The monoisotopic (exact) mass is 275 g/mol. The largest absolute Gasteiger partial charge is 0.392 e. The fraction of sp³-hybridized carbons (Fsp3) is 0.688. The second-order valence-corrected chi connectivity index (χ2v) is 6.74. The number of aliphatic hydroxyl groups excluding tert-OH is 1. The zero-order chi connectivity index (χ0) is 14.2. The van der Waals surface area contributed by atoms with Crippen LogP contribution in [0.5, 0.6) is 0 Å². The van der Waals surface area contributed by atoms with Gasteiger partial charge < -0.3 is 15.3 Å². The smallest absolute Gasteiger partial charge is 0.128 e. The number of nitrogens with one attached hydrogen (secondary N) is 1. The Bertz CT molecular complexity index is 440. The molecule has 0 amide bonds. The summed E-state index contributed by atoms with van der Waals surface area (Å²) in [6, 6.07) is 7.13. The van der Waals surface area contributed by atoms with Gasteiger partial charge in [-0.25, -0.2) is 4.98 Å². The van der Waals surface area contributed by atoms with E-state index in [1.165, 1.54) is 0 Å². The Hall–Kier alpha value is -1.13. The lowest BCUT2D eigenvalue weighted by molar-refractivity contribution is -0.0765. The maximum Gasteiger partial charge on any atom is 0.128 e. The van der Waals surface area contributed by atoms with Crippen LogP contribution in [0.3, 0.4) is 0 Å².